The third kappa shape index (κ3) is 5.32. The highest BCUT2D eigenvalue weighted by Crippen LogP contribution is 2.36. The van der Waals surface area contributed by atoms with Gasteiger partial charge < -0.3 is 24.5 Å². The summed E-state index contributed by atoms with van der Waals surface area (Å²) in [5.74, 6) is -2.47. The van der Waals surface area contributed by atoms with Crippen LogP contribution in [0.1, 0.15) is 35.7 Å². The minimum Gasteiger partial charge on any atom is -0.468 e. The summed E-state index contributed by atoms with van der Waals surface area (Å²) >= 11 is 0. The fourth-order valence-electron chi connectivity index (χ4n) is 4.92. The molecule has 0 unspecified atom stereocenters. The van der Waals surface area contributed by atoms with Crippen molar-refractivity contribution in [3.05, 3.63) is 71.4 Å². The molecule has 3 aromatic rings. The molecule has 1 aliphatic heterocycles. The Morgan fingerprint density at radius 3 is 2.44 bits per heavy atom. The van der Waals surface area contributed by atoms with Gasteiger partial charge in [-0.05, 0) is 48.9 Å². The third-order valence-corrected chi connectivity index (χ3v) is 6.63. The predicted octanol–water partition coefficient (Wildman–Crippen LogP) is 3.93. The summed E-state index contributed by atoms with van der Waals surface area (Å²) < 4.78 is 15.9. The molecule has 0 saturated heterocycles. The topological polar surface area (TPSA) is 89.7 Å². The van der Waals surface area contributed by atoms with E-state index in [1.165, 1.54) is 25.2 Å². The number of benzene rings is 2. The molecule has 0 amide bonds. The number of aromatic amines is 1. The first-order valence-electron chi connectivity index (χ1n) is 11.7. The molecule has 0 saturated carbocycles. The standard InChI is InChI=1S/C27H32N2O5/c1-32-26(30)24(27(31)33-2)19(13-15-34-17-18-8-4-3-5-9-18)16-23-25-21(12-14-28-23)20-10-6-7-11-22(20)29-25/h3-11,19,23-24,28-29H,12-17H2,1-2H3/t19-,23+/m0/s1. The van der Waals surface area contributed by atoms with Crippen LogP contribution in [0.2, 0.25) is 0 Å². The fraction of sp³-hybridized carbons (Fsp3) is 0.407. The zero-order chi connectivity index (χ0) is 23.9. The number of nitrogens with one attached hydrogen (secondary N) is 2. The number of carbonyl (C=O) groups is 2. The van der Waals surface area contributed by atoms with Crippen molar-refractivity contribution in [1.29, 1.82) is 0 Å². The van der Waals surface area contributed by atoms with Gasteiger partial charge in [0.05, 0.1) is 20.8 Å². The molecule has 1 aliphatic rings. The lowest BCUT2D eigenvalue weighted by Gasteiger charge is -2.30. The first kappa shape index (κ1) is 24.0. The van der Waals surface area contributed by atoms with Gasteiger partial charge in [-0.15, -0.1) is 0 Å². The number of carbonyl (C=O) groups excluding carboxylic acids is 2. The molecular weight excluding hydrogens is 432 g/mol. The molecule has 1 aromatic heterocycles. The number of ether oxygens (including phenoxy) is 3. The minimum absolute atomic E-state index is 0.0212. The van der Waals surface area contributed by atoms with Crippen LogP contribution in [0.15, 0.2) is 54.6 Å². The van der Waals surface area contributed by atoms with Crippen molar-refractivity contribution in [3.8, 4) is 0 Å². The number of H-pyrrole nitrogens is 1. The summed E-state index contributed by atoms with van der Waals surface area (Å²) in [6, 6.07) is 18.2. The zero-order valence-electron chi connectivity index (χ0n) is 19.7. The molecule has 0 radical (unpaired) electrons. The summed E-state index contributed by atoms with van der Waals surface area (Å²) in [5.41, 5.74) is 4.59. The van der Waals surface area contributed by atoms with E-state index in [1.807, 2.05) is 42.5 Å². The maximum absolute atomic E-state index is 12.6. The van der Waals surface area contributed by atoms with Gasteiger partial charge in [0.2, 0.25) is 0 Å². The number of hydrogen-bond acceptors (Lipinski definition) is 6. The van der Waals surface area contributed by atoms with E-state index < -0.39 is 17.9 Å². The lowest BCUT2D eigenvalue weighted by Crippen LogP contribution is -2.38. The van der Waals surface area contributed by atoms with Gasteiger partial charge in [0.1, 0.15) is 0 Å². The Morgan fingerprint density at radius 2 is 1.71 bits per heavy atom. The Hall–Kier alpha value is -3.16. The quantitative estimate of drug-likeness (QED) is 0.268. The normalized spacial score (nSPS) is 16.3. The van der Waals surface area contributed by atoms with Crippen molar-refractivity contribution in [2.45, 2.75) is 31.9 Å². The minimum atomic E-state index is -1.01. The van der Waals surface area contributed by atoms with Crippen molar-refractivity contribution in [2.24, 2.45) is 11.8 Å². The van der Waals surface area contributed by atoms with Crippen LogP contribution >= 0.6 is 0 Å². The van der Waals surface area contributed by atoms with E-state index in [0.29, 0.717) is 26.1 Å². The van der Waals surface area contributed by atoms with Crippen LogP contribution < -0.4 is 5.32 Å². The van der Waals surface area contributed by atoms with E-state index in [-0.39, 0.29) is 12.0 Å². The second kappa shape index (κ2) is 11.3. The number of aromatic nitrogens is 1. The number of methoxy groups -OCH3 is 2. The summed E-state index contributed by atoms with van der Waals surface area (Å²) in [6.07, 6.45) is 2.02. The lowest BCUT2D eigenvalue weighted by molar-refractivity contribution is -0.162. The van der Waals surface area contributed by atoms with Gasteiger partial charge in [0.15, 0.2) is 5.92 Å². The highest BCUT2D eigenvalue weighted by Gasteiger charge is 2.39. The van der Waals surface area contributed by atoms with E-state index in [4.69, 9.17) is 14.2 Å². The monoisotopic (exact) mass is 464 g/mol. The lowest BCUT2D eigenvalue weighted by atomic mass is 9.82. The Balaban J connectivity index is 1.54. The van der Waals surface area contributed by atoms with Gasteiger partial charge in [-0.3, -0.25) is 9.59 Å². The fourth-order valence-corrected chi connectivity index (χ4v) is 4.92. The van der Waals surface area contributed by atoms with Gasteiger partial charge >= 0.3 is 11.9 Å². The number of hydrogen-bond donors (Lipinski definition) is 2. The van der Waals surface area contributed by atoms with Crippen LogP contribution in [0.4, 0.5) is 0 Å². The summed E-state index contributed by atoms with van der Waals surface area (Å²) in [4.78, 5) is 28.8. The molecule has 2 heterocycles. The molecule has 34 heavy (non-hydrogen) atoms. The molecule has 0 spiro atoms. The smallest absolute Gasteiger partial charge is 0.320 e. The van der Waals surface area contributed by atoms with Crippen LogP contribution in [-0.4, -0.2) is 44.3 Å². The van der Waals surface area contributed by atoms with Crippen LogP contribution in [0.25, 0.3) is 10.9 Å². The molecule has 0 aliphatic carbocycles. The highest BCUT2D eigenvalue weighted by atomic mass is 16.5. The van der Waals surface area contributed by atoms with Crippen molar-refractivity contribution in [3.63, 3.8) is 0 Å². The Kier molecular flexibility index (Phi) is 7.98. The molecule has 2 aromatic carbocycles. The highest BCUT2D eigenvalue weighted by molar-refractivity contribution is 5.95. The Labute approximate surface area is 199 Å². The number of para-hydroxylation sites is 1. The van der Waals surface area contributed by atoms with Gasteiger partial charge in [-0.2, -0.15) is 0 Å². The molecule has 180 valence electrons. The van der Waals surface area contributed by atoms with Gasteiger partial charge in [0.25, 0.3) is 0 Å². The molecule has 2 atom stereocenters. The first-order valence-corrected chi connectivity index (χ1v) is 11.7. The summed E-state index contributed by atoms with van der Waals surface area (Å²) in [6.45, 7) is 1.72. The van der Waals surface area contributed by atoms with Crippen LogP contribution in [0.5, 0.6) is 0 Å². The van der Waals surface area contributed by atoms with E-state index in [0.717, 1.165) is 29.7 Å². The number of rotatable bonds is 10. The number of esters is 2. The van der Waals surface area contributed by atoms with Gasteiger partial charge in [0, 0.05) is 29.2 Å². The molecule has 2 N–H and O–H groups in total. The molecule has 4 rings (SSSR count). The summed E-state index contributed by atoms with van der Waals surface area (Å²) in [5, 5.41) is 4.80. The van der Waals surface area contributed by atoms with Gasteiger partial charge in [-0.25, -0.2) is 0 Å². The maximum Gasteiger partial charge on any atom is 0.320 e. The van der Waals surface area contributed by atoms with E-state index >= 15 is 0 Å². The molecule has 7 nitrogen and oxygen atoms in total. The maximum atomic E-state index is 12.6. The second-order valence-electron chi connectivity index (χ2n) is 8.67. The first-order chi connectivity index (χ1) is 16.6. The van der Waals surface area contributed by atoms with Crippen molar-refractivity contribution in [1.82, 2.24) is 10.3 Å². The average molecular weight is 465 g/mol. The van der Waals surface area contributed by atoms with E-state index in [9.17, 15) is 9.59 Å². The van der Waals surface area contributed by atoms with Crippen LogP contribution in [-0.2, 0) is 36.8 Å². The number of fused-ring (bicyclic) bond motifs is 3. The van der Waals surface area contributed by atoms with Crippen LogP contribution in [0.3, 0.4) is 0 Å². The van der Waals surface area contributed by atoms with Gasteiger partial charge in [-0.1, -0.05) is 48.5 Å². The molecule has 0 fully saturated rings. The van der Waals surface area contributed by atoms with Crippen molar-refractivity contribution in [2.75, 3.05) is 27.4 Å². The summed E-state index contributed by atoms with van der Waals surface area (Å²) in [7, 11) is 2.60. The zero-order valence-corrected chi connectivity index (χ0v) is 19.7. The van der Waals surface area contributed by atoms with E-state index in [1.54, 1.807) is 0 Å². The Morgan fingerprint density at radius 1 is 1.00 bits per heavy atom. The largest absolute Gasteiger partial charge is 0.468 e. The Bertz CT molecular complexity index is 1090. The molecule has 0 bridgehead atoms. The second-order valence-corrected chi connectivity index (χ2v) is 8.67. The van der Waals surface area contributed by atoms with Crippen molar-refractivity contribution < 1.29 is 23.8 Å². The van der Waals surface area contributed by atoms with Crippen molar-refractivity contribution >= 4 is 22.8 Å². The van der Waals surface area contributed by atoms with Crippen LogP contribution in [0, 0.1) is 11.8 Å². The van der Waals surface area contributed by atoms with E-state index in [2.05, 4.69) is 22.4 Å². The molecule has 7 heteroatoms. The average Bonchev–Trinajstić information content (AvgIpc) is 3.26. The predicted molar refractivity (Wildman–Crippen MR) is 129 cm³/mol. The molecular formula is C27H32N2O5. The third-order valence-electron chi connectivity index (χ3n) is 6.63. The SMILES string of the molecule is COC(=O)C(C(=O)OC)[C@@H](CCOCc1ccccc1)C[C@H]1NCCc2c1[nH]c1ccccc21.